The van der Waals surface area contributed by atoms with Crippen LogP contribution in [0.5, 0.6) is 0 Å². The van der Waals surface area contributed by atoms with Crippen LogP contribution in [0, 0.1) is 5.92 Å². The van der Waals surface area contributed by atoms with E-state index in [1.165, 1.54) is 31.4 Å². The van der Waals surface area contributed by atoms with E-state index >= 15 is 0 Å². The number of nitrogens with one attached hydrogen (secondary N) is 1. The van der Waals surface area contributed by atoms with Gasteiger partial charge in [0.05, 0.1) is 24.3 Å². The summed E-state index contributed by atoms with van der Waals surface area (Å²) >= 11 is 0. The number of amides is 1. The van der Waals surface area contributed by atoms with E-state index in [-0.39, 0.29) is 24.1 Å². The molecular formula is C22H25NO5. The normalized spacial score (nSPS) is 11.6. The van der Waals surface area contributed by atoms with Crippen molar-refractivity contribution in [2.75, 3.05) is 13.7 Å². The molecule has 0 fully saturated rings. The molecule has 2 rings (SSSR count). The summed E-state index contributed by atoms with van der Waals surface area (Å²) in [5.74, 6) is -1.10. The van der Waals surface area contributed by atoms with Gasteiger partial charge in [-0.25, -0.2) is 9.59 Å². The zero-order valence-electron chi connectivity index (χ0n) is 16.3. The molecule has 148 valence electrons. The second-order valence-electron chi connectivity index (χ2n) is 6.81. The standard InChI is InChI=1S/C22H25NO5/c1-15(2)13-19(16-7-5-4-6-8-16)23-20(24)14-28-22(26)18-11-9-17(10-12-18)21(25)27-3/h4-12,15,19H,13-14H2,1-3H3,(H,23,24). The molecule has 1 N–H and O–H groups in total. The number of ether oxygens (including phenoxy) is 2. The molecule has 0 saturated heterocycles. The van der Waals surface area contributed by atoms with Gasteiger partial charge in [-0.15, -0.1) is 0 Å². The molecule has 0 aromatic heterocycles. The van der Waals surface area contributed by atoms with Crippen molar-refractivity contribution >= 4 is 17.8 Å². The molecule has 6 nitrogen and oxygen atoms in total. The number of benzene rings is 2. The lowest BCUT2D eigenvalue weighted by Crippen LogP contribution is -2.33. The van der Waals surface area contributed by atoms with Gasteiger partial charge in [-0.1, -0.05) is 44.2 Å². The lowest BCUT2D eigenvalue weighted by atomic mass is 9.97. The van der Waals surface area contributed by atoms with E-state index in [4.69, 9.17) is 4.74 Å². The fourth-order valence-corrected chi connectivity index (χ4v) is 2.75. The van der Waals surface area contributed by atoms with Crippen molar-refractivity contribution in [1.29, 1.82) is 0 Å². The molecule has 1 amide bonds. The Morgan fingerprint density at radius 3 is 2.00 bits per heavy atom. The third kappa shape index (κ3) is 6.23. The highest BCUT2D eigenvalue weighted by molar-refractivity contribution is 5.94. The van der Waals surface area contributed by atoms with Crippen molar-refractivity contribution in [1.82, 2.24) is 5.32 Å². The Balaban J connectivity index is 1.92. The Hall–Kier alpha value is -3.15. The van der Waals surface area contributed by atoms with Gasteiger partial charge in [0.1, 0.15) is 0 Å². The highest BCUT2D eigenvalue weighted by atomic mass is 16.5. The van der Waals surface area contributed by atoms with Crippen molar-refractivity contribution < 1.29 is 23.9 Å². The molecule has 0 spiro atoms. The predicted octanol–water partition coefficient (Wildman–Crippen LogP) is 3.53. The zero-order chi connectivity index (χ0) is 20.5. The van der Waals surface area contributed by atoms with Gasteiger partial charge in [-0.3, -0.25) is 4.79 Å². The van der Waals surface area contributed by atoms with Crippen molar-refractivity contribution in [2.24, 2.45) is 5.92 Å². The monoisotopic (exact) mass is 383 g/mol. The Labute approximate surface area is 164 Å². The van der Waals surface area contributed by atoms with Gasteiger partial charge in [0.25, 0.3) is 5.91 Å². The Bertz CT molecular complexity index is 799. The molecule has 2 aromatic rings. The highest BCUT2D eigenvalue weighted by Gasteiger charge is 2.18. The number of rotatable bonds is 8. The van der Waals surface area contributed by atoms with Crippen LogP contribution < -0.4 is 5.32 Å². The quantitative estimate of drug-likeness (QED) is 0.705. The molecule has 0 heterocycles. The molecule has 1 atom stereocenters. The van der Waals surface area contributed by atoms with Crippen molar-refractivity contribution in [3.63, 3.8) is 0 Å². The molecule has 0 saturated carbocycles. The molecule has 0 bridgehead atoms. The van der Waals surface area contributed by atoms with E-state index < -0.39 is 11.9 Å². The molecule has 2 aromatic carbocycles. The van der Waals surface area contributed by atoms with Gasteiger partial charge < -0.3 is 14.8 Å². The lowest BCUT2D eigenvalue weighted by molar-refractivity contribution is -0.125. The zero-order valence-corrected chi connectivity index (χ0v) is 16.3. The summed E-state index contributed by atoms with van der Waals surface area (Å²) in [6.45, 7) is 3.79. The largest absolute Gasteiger partial charge is 0.465 e. The summed E-state index contributed by atoms with van der Waals surface area (Å²) in [6, 6.07) is 15.4. The molecule has 0 aliphatic carbocycles. The molecule has 1 unspecified atom stereocenters. The molecule has 6 heteroatoms. The molecule has 28 heavy (non-hydrogen) atoms. The summed E-state index contributed by atoms with van der Waals surface area (Å²) in [5, 5.41) is 2.93. The number of methoxy groups -OCH3 is 1. The first kappa shape index (κ1) is 21.2. The maximum Gasteiger partial charge on any atom is 0.338 e. The first-order valence-corrected chi connectivity index (χ1v) is 9.10. The molecule has 0 aliphatic heterocycles. The van der Waals surface area contributed by atoms with Gasteiger partial charge in [-0.2, -0.15) is 0 Å². The minimum absolute atomic E-state index is 0.147. The number of hydrogen-bond donors (Lipinski definition) is 1. The topological polar surface area (TPSA) is 81.7 Å². The van der Waals surface area contributed by atoms with Gasteiger partial charge in [-0.05, 0) is 42.2 Å². The van der Waals surface area contributed by atoms with Gasteiger partial charge >= 0.3 is 11.9 Å². The number of carbonyl (C=O) groups excluding carboxylic acids is 3. The maximum absolute atomic E-state index is 12.3. The molecule has 0 radical (unpaired) electrons. The smallest absolute Gasteiger partial charge is 0.338 e. The van der Waals surface area contributed by atoms with Crippen LogP contribution in [0.3, 0.4) is 0 Å². The van der Waals surface area contributed by atoms with E-state index in [0.29, 0.717) is 11.5 Å². The first-order chi connectivity index (χ1) is 13.4. The van der Waals surface area contributed by atoms with Crippen LogP contribution in [0.1, 0.15) is 52.6 Å². The molecule has 0 aliphatic rings. The maximum atomic E-state index is 12.3. The number of hydrogen-bond acceptors (Lipinski definition) is 5. The van der Waals surface area contributed by atoms with Crippen molar-refractivity contribution in [3.8, 4) is 0 Å². The highest BCUT2D eigenvalue weighted by Crippen LogP contribution is 2.21. The van der Waals surface area contributed by atoms with Gasteiger partial charge in [0, 0.05) is 0 Å². The summed E-state index contributed by atoms with van der Waals surface area (Å²) in [7, 11) is 1.28. The van der Waals surface area contributed by atoms with Crippen LogP contribution in [0.15, 0.2) is 54.6 Å². The van der Waals surface area contributed by atoms with Crippen molar-refractivity contribution in [2.45, 2.75) is 26.3 Å². The second kappa shape index (κ2) is 10.3. The van der Waals surface area contributed by atoms with Crippen LogP contribution in [0.25, 0.3) is 0 Å². The van der Waals surface area contributed by atoms with Crippen LogP contribution in [-0.4, -0.2) is 31.6 Å². The van der Waals surface area contributed by atoms with Crippen LogP contribution in [-0.2, 0) is 14.3 Å². The third-order valence-electron chi connectivity index (χ3n) is 4.12. The van der Waals surface area contributed by atoms with Gasteiger partial charge in [0.2, 0.25) is 0 Å². The minimum Gasteiger partial charge on any atom is -0.465 e. The summed E-state index contributed by atoms with van der Waals surface area (Å²) < 4.78 is 9.70. The van der Waals surface area contributed by atoms with Crippen LogP contribution in [0.2, 0.25) is 0 Å². The van der Waals surface area contributed by atoms with Crippen LogP contribution in [0.4, 0.5) is 0 Å². The fourth-order valence-electron chi connectivity index (χ4n) is 2.75. The summed E-state index contributed by atoms with van der Waals surface area (Å²) in [5.41, 5.74) is 1.59. The average molecular weight is 383 g/mol. The number of carbonyl (C=O) groups is 3. The van der Waals surface area contributed by atoms with E-state index in [2.05, 4.69) is 23.9 Å². The van der Waals surface area contributed by atoms with E-state index in [9.17, 15) is 14.4 Å². The Morgan fingerprint density at radius 2 is 1.46 bits per heavy atom. The van der Waals surface area contributed by atoms with Gasteiger partial charge in [0.15, 0.2) is 6.61 Å². The second-order valence-corrected chi connectivity index (χ2v) is 6.81. The summed E-state index contributed by atoms with van der Waals surface area (Å²) in [4.78, 5) is 35.8. The van der Waals surface area contributed by atoms with Crippen LogP contribution >= 0.6 is 0 Å². The SMILES string of the molecule is COC(=O)c1ccc(C(=O)OCC(=O)NC(CC(C)C)c2ccccc2)cc1. The minimum atomic E-state index is -0.633. The lowest BCUT2D eigenvalue weighted by Gasteiger charge is -2.21. The Morgan fingerprint density at radius 1 is 0.893 bits per heavy atom. The summed E-state index contributed by atoms with van der Waals surface area (Å²) in [6.07, 6.45) is 0.776. The van der Waals surface area contributed by atoms with E-state index in [1.807, 2.05) is 30.3 Å². The average Bonchev–Trinajstić information content (AvgIpc) is 2.71. The van der Waals surface area contributed by atoms with Crippen molar-refractivity contribution in [3.05, 3.63) is 71.3 Å². The first-order valence-electron chi connectivity index (χ1n) is 9.10. The Kier molecular flexibility index (Phi) is 7.75. The number of esters is 2. The van der Waals surface area contributed by atoms with E-state index in [0.717, 1.165) is 12.0 Å². The predicted molar refractivity (Wildman–Crippen MR) is 105 cm³/mol. The van der Waals surface area contributed by atoms with E-state index in [1.54, 1.807) is 0 Å². The third-order valence-corrected chi connectivity index (χ3v) is 4.12. The molecular weight excluding hydrogens is 358 g/mol. The fraction of sp³-hybridized carbons (Fsp3) is 0.318.